The maximum absolute atomic E-state index is 12.1. The topological polar surface area (TPSA) is 84.0 Å². The summed E-state index contributed by atoms with van der Waals surface area (Å²) in [5.74, 6) is -0.0718. The number of hydrogen-bond donors (Lipinski definition) is 2. The van der Waals surface area contributed by atoms with E-state index in [2.05, 4.69) is 20.8 Å². The minimum atomic E-state index is -0.235. The number of halogens is 1. The monoisotopic (exact) mass is 432 g/mol. The van der Waals surface area contributed by atoms with Crippen LogP contribution >= 0.6 is 34.7 Å². The van der Waals surface area contributed by atoms with Gasteiger partial charge < -0.3 is 5.32 Å². The lowest BCUT2D eigenvalue weighted by atomic mass is 10.2. The van der Waals surface area contributed by atoms with Crippen molar-refractivity contribution in [2.24, 2.45) is 0 Å². The summed E-state index contributed by atoms with van der Waals surface area (Å²) in [6, 6.07) is 16.6. The highest BCUT2D eigenvalue weighted by molar-refractivity contribution is 8.00. The first-order chi connectivity index (χ1) is 13.6. The van der Waals surface area contributed by atoms with Crippen LogP contribution in [0.2, 0.25) is 5.02 Å². The van der Waals surface area contributed by atoms with Crippen molar-refractivity contribution in [2.75, 3.05) is 17.6 Å². The third kappa shape index (κ3) is 6.05. The standard InChI is InChI=1S/C19H17ClN4O2S2/c20-15-9-5-4-8-14(15)18(26)21-11-10-17-23-24-19(28-17)22-16(25)12-27-13-6-2-1-3-7-13/h1-9H,10-12H2,(H,21,26)(H,22,24,25). The molecule has 0 aliphatic carbocycles. The van der Waals surface area contributed by atoms with E-state index in [1.807, 2.05) is 30.3 Å². The van der Waals surface area contributed by atoms with Gasteiger partial charge in [-0.05, 0) is 24.3 Å². The lowest BCUT2D eigenvalue weighted by Crippen LogP contribution is -2.25. The highest BCUT2D eigenvalue weighted by Gasteiger charge is 2.11. The molecule has 0 unspecified atom stereocenters. The van der Waals surface area contributed by atoms with Crippen molar-refractivity contribution in [1.29, 1.82) is 0 Å². The summed E-state index contributed by atoms with van der Waals surface area (Å²) < 4.78 is 0. The number of amides is 2. The fourth-order valence-electron chi connectivity index (χ4n) is 2.25. The highest BCUT2D eigenvalue weighted by atomic mass is 35.5. The Balaban J connectivity index is 1.42. The van der Waals surface area contributed by atoms with Crippen LogP contribution in [0.25, 0.3) is 0 Å². The van der Waals surface area contributed by atoms with E-state index in [0.29, 0.717) is 34.4 Å². The van der Waals surface area contributed by atoms with Gasteiger partial charge >= 0.3 is 0 Å². The maximum atomic E-state index is 12.1. The second-order valence-corrected chi connectivity index (χ2v) is 8.15. The van der Waals surface area contributed by atoms with Crippen LogP contribution in [0.3, 0.4) is 0 Å². The number of hydrogen-bond acceptors (Lipinski definition) is 6. The Bertz CT molecular complexity index is 950. The second kappa shape index (κ2) is 10.2. The number of rotatable bonds is 8. The van der Waals surface area contributed by atoms with Crippen LogP contribution in [0, 0.1) is 0 Å². The van der Waals surface area contributed by atoms with E-state index in [9.17, 15) is 9.59 Å². The largest absolute Gasteiger partial charge is 0.352 e. The fraction of sp³-hybridized carbons (Fsp3) is 0.158. The summed E-state index contributed by atoms with van der Waals surface area (Å²) >= 11 is 8.76. The summed E-state index contributed by atoms with van der Waals surface area (Å²) in [6.07, 6.45) is 0.516. The van der Waals surface area contributed by atoms with Gasteiger partial charge in [0.2, 0.25) is 11.0 Å². The van der Waals surface area contributed by atoms with Gasteiger partial charge in [0.25, 0.3) is 5.91 Å². The first kappa shape index (κ1) is 20.3. The van der Waals surface area contributed by atoms with Crippen LogP contribution in [0.5, 0.6) is 0 Å². The average Bonchev–Trinajstić information content (AvgIpc) is 3.14. The average molecular weight is 433 g/mol. The Labute approximate surface area is 175 Å². The van der Waals surface area contributed by atoms with Crippen LogP contribution in [-0.4, -0.2) is 34.3 Å². The molecule has 3 aromatic rings. The van der Waals surface area contributed by atoms with Gasteiger partial charge in [-0.1, -0.05) is 53.3 Å². The summed E-state index contributed by atoms with van der Waals surface area (Å²) in [7, 11) is 0. The maximum Gasteiger partial charge on any atom is 0.252 e. The highest BCUT2D eigenvalue weighted by Crippen LogP contribution is 2.19. The smallest absolute Gasteiger partial charge is 0.252 e. The Kier molecular flexibility index (Phi) is 7.41. The van der Waals surface area contributed by atoms with Gasteiger partial charge in [-0.2, -0.15) is 0 Å². The van der Waals surface area contributed by atoms with Crippen molar-refractivity contribution in [2.45, 2.75) is 11.3 Å². The summed E-state index contributed by atoms with van der Waals surface area (Å²) in [6.45, 7) is 0.399. The molecule has 144 valence electrons. The predicted molar refractivity (Wildman–Crippen MR) is 113 cm³/mol. The molecule has 9 heteroatoms. The van der Waals surface area contributed by atoms with Crippen molar-refractivity contribution < 1.29 is 9.59 Å². The number of carbonyl (C=O) groups is 2. The van der Waals surface area contributed by atoms with E-state index in [1.165, 1.54) is 23.1 Å². The van der Waals surface area contributed by atoms with E-state index in [4.69, 9.17) is 11.6 Å². The molecule has 1 heterocycles. The van der Waals surface area contributed by atoms with Crippen molar-refractivity contribution in [1.82, 2.24) is 15.5 Å². The van der Waals surface area contributed by atoms with Crippen molar-refractivity contribution in [3.8, 4) is 0 Å². The molecule has 2 N–H and O–H groups in total. The number of nitrogens with zero attached hydrogens (tertiary/aromatic N) is 2. The molecule has 1 aromatic heterocycles. The summed E-state index contributed by atoms with van der Waals surface area (Å²) in [4.78, 5) is 25.2. The van der Waals surface area contributed by atoms with Gasteiger partial charge in [-0.25, -0.2) is 0 Å². The minimum Gasteiger partial charge on any atom is -0.352 e. The van der Waals surface area contributed by atoms with Gasteiger partial charge in [0.05, 0.1) is 16.3 Å². The molecule has 0 aliphatic rings. The van der Waals surface area contributed by atoms with Crippen LogP contribution < -0.4 is 10.6 Å². The number of anilines is 1. The zero-order chi connectivity index (χ0) is 19.8. The van der Waals surface area contributed by atoms with Gasteiger partial charge in [0.1, 0.15) is 5.01 Å². The van der Waals surface area contributed by atoms with E-state index >= 15 is 0 Å². The van der Waals surface area contributed by atoms with Gasteiger partial charge in [0, 0.05) is 17.9 Å². The molecular weight excluding hydrogens is 416 g/mol. The minimum absolute atomic E-state index is 0.136. The molecule has 0 spiro atoms. The third-order valence-electron chi connectivity index (χ3n) is 3.57. The van der Waals surface area contributed by atoms with E-state index in [-0.39, 0.29) is 11.8 Å². The van der Waals surface area contributed by atoms with Crippen LogP contribution in [-0.2, 0) is 11.2 Å². The van der Waals surface area contributed by atoms with E-state index in [1.54, 1.807) is 24.3 Å². The Morgan fingerprint density at radius 1 is 1.04 bits per heavy atom. The zero-order valence-corrected chi connectivity index (χ0v) is 17.1. The zero-order valence-electron chi connectivity index (χ0n) is 14.7. The fourth-order valence-corrected chi connectivity index (χ4v) is 3.95. The molecule has 0 saturated heterocycles. The molecule has 3 rings (SSSR count). The predicted octanol–water partition coefficient (Wildman–Crippen LogP) is 3.89. The van der Waals surface area contributed by atoms with E-state index in [0.717, 1.165) is 9.90 Å². The quantitative estimate of drug-likeness (QED) is 0.527. The summed E-state index contributed by atoms with van der Waals surface area (Å²) in [5.41, 5.74) is 0.435. The van der Waals surface area contributed by atoms with Gasteiger partial charge in [-0.15, -0.1) is 22.0 Å². The first-order valence-electron chi connectivity index (χ1n) is 8.44. The number of aromatic nitrogens is 2. The molecule has 0 fully saturated rings. The number of nitrogens with one attached hydrogen (secondary N) is 2. The molecule has 0 aliphatic heterocycles. The van der Waals surface area contributed by atoms with Crippen molar-refractivity contribution in [3.05, 3.63) is 70.2 Å². The Morgan fingerprint density at radius 3 is 2.57 bits per heavy atom. The third-order valence-corrected chi connectivity index (χ3v) is 5.81. The molecule has 0 saturated carbocycles. The van der Waals surface area contributed by atoms with Crippen LogP contribution in [0.4, 0.5) is 5.13 Å². The second-order valence-electron chi connectivity index (χ2n) is 5.64. The van der Waals surface area contributed by atoms with Crippen LogP contribution in [0.15, 0.2) is 59.5 Å². The van der Waals surface area contributed by atoms with Gasteiger partial charge in [0.15, 0.2) is 0 Å². The molecule has 2 aromatic carbocycles. The summed E-state index contributed by atoms with van der Waals surface area (Å²) in [5, 5.41) is 15.2. The first-order valence-corrected chi connectivity index (χ1v) is 10.6. The van der Waals surface area contributed by atoms with Crippen LogP contribution in [0.1, 0.15) is 15.4 Å². The molecule has 28 heavy (non-hydrogen) atoms. The Morgan fingerprint density at radius 2 is 1.79 bits per heavy atom. The number of benzene rings is 2. The molecule has 0 radical (unpaired) electrons. The SMILES string of the molecule is O=C(CSc1ccccc1)Nc1nnc(CCNC(=O)c2ccccc2Cl)s1. The molecule has 2 amide bonds. The van der Waals surface area contributed by atoms with Crippen molar-refractivity contribution >= 4 is 51.6 Å². The molecular formula is C19H17ClN4O2S2. The molecule has 6 nitrogen and oxygen atoms in total. The van der Waals surface area contributed by atoms with Gasteiger partial charge in [-0.3, -0.25) is 14.9 Å². The number of carbonyl (C=O) groups excluding carboxylic acids is 2. The normalized spacial score (nSPS) is 10.5. The Hall–Kier alpha value is -2.42. The van der Waals surface area contributed by atoms with E-state index < -0.39 is 0 Å². The van der Waals surface area contributed by atoms with Crippen molar-refractivity contribution in [3.63, 3.8) is 0 Å². The molecule has 0 atom stereocenters. The lowest BCUT2D eigenvalue weighted by Gasteiger charge is -2.05. The number of thioether (sulfide) groups is 1. The molecule has 0 bridgehead atoms. The lowest BCUT2D eigenvalue weighted by molar-refractivity contribution is -0.113.